The van der Waals surface area contributed by atoms with E-state index in [-0.39, 0.29) is 6.04 Å². The van der Waals surface area contributed by atoms with Crippen LogP contribution in [0.5, 0.6) is 0 Å². The number of rotatable bonds is 2. The Morgan fingerprint density at radius 3 is 2.28 bits per heavy atom. The molecule has 1 saturated carbocycles. The highest BCUT2D eigenvalue weighted by Gasteiger charge is 2.32. The molecule has 1 atom stereocenters. The van der Waals surface area contributed by atoms with Crippen molar-refractivity contribution in [3.05, 3.63) is 21.9 Å². The minimum Gasteiger partial charge on any atom is -0.324 e. The summed E-state index contributed by atoms with van der Waals surface area (Å²) in [4.78, 5) is 1.38. The summed E-state index contributed by atoms with van der Waals surface area (Å²) < 4.78 is 0. The third kappa shape index (κ3) is 3.16. The lowest BCUT2D eigenvalue weighted by molar-refractivity contribution is 0.140. The van der Waals surface area contributed by atoms with Crippen LogP contribution >= 0.6 is 11.3 Å². The van der Waals surface area contributed by atoms with Crippen LogP contribution in [-0.4, -0.2) is 0 Å². The number of nitrogens with two attached hydrogens (primary N) is 1. The number of thiophene rings is 1. The van der Waals surface area contributed by atoms with Gasteiger partial charge in [0.1, 0.15) is 0 Å². The van der Waals surface area contributed by atoms with Crippen molar-refractivity contribution < 1.29 is 0 Å². The molecular formula is C16H27NS. The summed E-state index contributed by atoms with van der Waals surface area (Å²) in [6.07, 6.45) is 5.31. The van der Waals surface area contributed by atoms with E-state index in [1.165, 1.54) is 36.1 Å². The highest BCUT2D eigenvalue weighted by atomic mass is 32.1. The van der Waals surface area contributed by atoms with Gasteiger partial charge in [0.25, 0.3) is 0 Å². The SMILES string of the molecule is Cc1cc(C(N)C2CCC(C(C)(C)C)CC2)cs1. The topological polar surface area (TPSA) is 26.0 Å². The summed E-state index contributed by atoms with van der Waals surface area (Å²) in [6.45, 7) is 9.29. The Bertz CT molecular complexity index is 380. The van der Waals surface area contributed by atoms with Crippen molar-refractivity contribution in [3.8, 4) is 0 Å². The zero-order valence-electron chi connectivity index (χ0n) is 12.2. The first kappa shape index (κ1) is 14.1. The van der Waals surface area contributed by atoms with Gasteiger partial charge in [-0.1, -0.05) is 20.8 Å². The quantitative estimate of drug-likeness (QED) is 0.808. The smallest absolute Gasteiger partial charge is 0.0331 e. The normalized spacial score (nSPS) is 27.2. The van der Waals surface area contributed by atoms with E-state index >= 15 is 0 Å². The van der Waals surface area contributed by atoms with Gasteiger partial charge in [-0.15, -0.1) is 11.3 Å². The maximum atomic E-state index is 6.44. The van der Waals surface area contributed by atoms with Gasteiger partial charge in [-0.2, -0.15) is 0 Å². The lowest BCUT2D eigenvalue weighted by Crippen LogP contribution is -2.30. The van der Waals surface area contributed by atoms with E-state index in [9.17, 15) is 0 Å². The second-order valence-corrected chi connectivity index (χ2v) is 8.11. The van der Waals surface area contributed by atoms with Gasteiger partial charge in [0.15, 0.2) is 0 Å². The monoisotopic (exact) mass is 265 g/mol. The molecule has 1 nitrogen and oxygen atoms in total. The molecule has 0 bridgehead atoms. The van der Waals surface area contributed by atoms with Gasteiger partial charge in [-0.25, -0.2) is 0 Å². The van der Waals surface area contributed by atoms with E-state index in [0.29, 0.717) is 11.3 Å². The van der Waals surface area contributed by atoms with Crippen molar-refractivity contribution >= 4 is 11.3 Å². The van der Waals surface area contributed by atoms with Crippen molar-refractivity contribution in [2.24, 2.45) is 23.0 Å². The molecule has 1 aliphatic rings. The zero-order chi connectivity index (χ0) is 13.3. The summed E-state index contributed by atoms with van der Waals surface area (Å²) in [5.74, 6) is 1.57. The molecule has 2 rings (SSSR count). The van der Waals surface area contributed by atoms with E-state index < -0.39 is 0 Å². The first-order chi connectivity index (χ1) is 8.38. The predicted octanol–water partition coefficient (Wildman–Crippen LogP) is 4.91. The molecule has 1 aliphatic carbocycles. The predicted molar refractivity (Wildman–Crippen MR) is 80.9 cm³/mol. The molecule has 0 amide bonds. The number of aryl methyl sites for hydroxylation is 1. The van der Waals surface area contributed by atoms with Crippen molar-refractivity contribution in [3.63, 3.8) is 0 Å². The average molecular weight is 265 g/mol. The molecule has 102 valence electrons. The van der Waals surface area contributed by atoms with Gasteiger partial charge in [0.05, 0.1) is 0 Å². The Hall–Kier alpha value is -0.340. The highest BCUT2D eigenvalue weighted by molar-refractivity contribution is 7.10. The molecule has 0 spiro atoms. The van der Waals surface area contributed by atoms with Crippen LogP contribution in [0.15, 0.2) is 11.4 Å². The molecule has 0 aliphatic heterocycles. The summed E-state index contributed by atoms with van der Waals surface area (Å²) in [5.41, 5.74) is 8.27. The van der Waals surface area contributed by atoms with E-state index in [1.54, 1.807) is 0 Å². The molecule has 0 aromatic carbocycles. The summed E-state index contributed by atoms with van der Waals surface area (Å²) >= 11 is 1.82. The average Bonchev–Trinajstić information content (AvgIpc) is 2.74. The number of hydrogen-bond acceptors (Lipinski definition) is 2. The second kappa shape index (κ2) is 5.34. The van der Waals surface area contributed by atoms with Crippen LogP contribution in [0.3, 0.4) is 0 Å². The van der Waals surface area contributed by atoms with Crippen LogP contribution in [0, 0.1) is 24.2 Å². The minimum absolute atomic E-state index is 0.260. The molecule has 1 fully saturated rings. The van der Waals surface area contributed by atoms with Crippen molar-refractivity contribution in [1.82, 2.24) is 0 Å². The molecule has 1 aromatic rings. The van der Waals surface area contributed by atoms with E-state index in [2.05, 4.69) is 39.1 Å². The highest BCUT2D eigenvalue weighted by Crippen LogP contribution is 2.43. The van der Waals surface area contributed by atoms with Crippen LogP contribution in [-0.2, 0) is 0 Å². The second-order valence-electron chi connectivity index (χ2n) is 6.99. The Morgan fingerprint density at radius 2 is 1.83 bits per heavy atom. The Kier molecular flexibility index (Phi) is 4.18. The molecule has 0 saturated heterocycles. The lowest BCUT2D eigenvalue weighted by atomic mass is 9.68. The standard InChI is InChI=1S/C16H27NS/c1-11-9-13(10-18-11)15(17)12-5-7-14(8-6-12)16(2,3)4/h9-10,12,14-15H,5-8,17H2,1-4H3. The van der Waals surface area contributed by atoms with Crippen LogP contribution in [0.25, 0.3) is 0 Å². The van der Waals surface area contributed by atoms with Gasteiger partial charge in [0.2, 0.25) is 0 Å². The van der Waals surface area contributed by atoms with Gasteiger partial charge >= 0.3 is 0 Å². The third-order valence-corrected chi connectivity index (χ3v) is 5.52. The van der Waals surface area contributed by atoms with Crippen LogP contribution < -0.4 is 5.73 Å². The Balaban J connectivity index is 1.94. The van der Waals surface area contributed by atoms with Gasteiger partial charge < -0.3 is 5.73 Å². The maximum absolute atomic E-state index is 6.44. The summed E-state index contributed by atoms with van der Waals surface area (Å²) in [7, 11) is 0. The fourth-order valence-electron chi connectivity index (χ4n) is 3.26. The Morgan fingerprint density at radius 1 is 1.22 bits per heavy atom. The third-order valence-electron chi connectivity index (χ3n) is 4.64. The molecule has 1 aromatic heterocycles. The first-order valence-corrected chi connectivity index (χ1v) is 8.06. The van der Waals surface area contributed by atoms with E-state index in [4.69, 9.17) is 5.73 Å². The fourth-order valence-corrected chi connectivity index (χ4v) is 4.01. The van der Waals surface area contributed by atoms with Crippen LogP contribution in [0.4, 0.5) is 0 Å². The lowest BCUT2D eigenvalue weighted by Gasteiger charge is -2.38. The van der Waals surface area contributed by atoms with E-state index in [1.807, 2.05) is 11.3 Å². The summed E-state index contributed by atoms with van der Waals surface area (Å²) in [5, 5.41) is 2.25. The van der Waals surface area contributed by atoms with Crippen molar-refractivity contribution in [2.75, 3.05) is 0 Å². The van der Waals surface area contributed by atoms with Gasteiger partial charge in [-0.3, -0.25) is 0 Å². The Labute approximate surface area is 116 Å². The molecule has 0 radical (unpaired) electrons. The molecule has 2 N–H and O–H groups in total. The molecule has 2 heteroatoms. The van der Waals surface area contributed by atoms with Gasteiger partial charge in [-0.05, 0) is 66.9 Å². The van der Waals surface area contributed by atoms with E-state index in [0.717, 1.165) is 5.92 Å². The van der Waals surface area contributed by atoms with Crippen molar-refractivity contribution in [2.45, 2.75) is 59.4 Å². The maximum Gasteiger partial charge on any atom is 0.0331 e. The molecular weight excluding hydrogens is 238 g/mol. The van der Waals surface area contributed by atoms with Crippen LogP contribution in [0.1, 0.15) is 62.9 Å². The minimum atomic E-state index is 0.260. The number of hydrogen-bond donors (Lipinski definition) is 1. The molecule has 1 heterocycles. The molecule has 18 heavy (non-hydrogen) atoms. The summed E-state index contributed by atoms with van der Waals surface area (Å²) in [6, 6.07) is 2.53. The van der Waals surface area contributed by atoms with Crippen LogP contribution in [0.2, 0.25) is 0 Å². The zero-order valence-corrected chi connectivity index (χ0v) is 13.0. The molecule has 1 unspecified atom stereocenters. The first-order valence-electron chi connectivity index (χ1n) is 7.18. The van der Waals surface area contributed by atoms with Crippen molar-refractivity contribution in [1.29, 1.82) is 0 Å². The van der Waals surface area contributed by atoms with Gasteiger partial charge in [0, 0.05) is 10.9 Å². The largest absolute Gasteiger partial charge is 0.324 e. The fraction of sp³-hybridized carbons (Fsp3) is 0.750.